The molecule has 3 nitrogen and oxygen atoms in total. The molecule has 1 aromatic rings. The Kier molecular flexibility index (Phi) is 4.70. The number of amides is 1. The molecule has 1 unspecified atom stereocenters. The summed E-state index contributed by atoms with van der Waals surface area (Å²) in [6.07, 6.45) is -0.464. The molecule has 17 heavy (non-hydrogen) atoms. The van der Waals surface area contributed by atoms with E-state index in [9.17, 15) is 9.90 Å². The second-order valence-corrected chi connectivity index (χ2v) is 5.35. The number of rotatable bonds is 4. The second kappa shape index (κ2) is 5.82. The Morgan fingerprint density at radius 3 is 2.41 bits per heavy atom. The molecule has 0 aliphatic carbocycles. The van der Waals surface area contributed by atoms with Gasteiger partial charge in [-0.3, -0.25) is 4.79 Å². The predicted octanol–water partition coefficient (Wildman–Crippen LogP) is 2.10. The maximum atomic E-state index is 11.6. The van der Waals surface area contributed by atoms with E-state index in [2.05, 4.69) is 5.32 Å². The molecule has 0 aromatic heterocycles. The Hall–Kier alpha value is -1.35. The average molecular weight is 235 g/mol. The van der Waals surface area contributed by atoms with E-state index < -0.39 is 6.10 Å². The first kappa shape index (κ1) is 13.7. The molecule has 0 aliphatic rings. The molecule has 1 atom stereocenters. The lowest BCUT2D eigenvalue weighted by molar-refractivity contribution is -0.124. The number of nitrogens with one attached hydrogen (secondary N) is 1. The lowest BCUT2D eigenvalue weighted by atomic mass is 9.87. The first-order valence-electron chi connectivity index (χ1n) is 5.88. The van der Waals surface area contributed by atoms with Crippen LogP contribution >= 0.6 is 0 Å². The zero-order valence-electron chi connectivity index (χ0n) is 10.7. The third-order valence-electron chi connectivity index (χ3n) is 2.71. The molecule has 3 heteroatoms. The zero-order chi connectivity index (χ0) is 12.9. The van der Waals surface area contributed by atoms with E-state index >= 15 is 0 Å². The predicted molar refractivity (Wildman–Crippen MR) is 68.4 cm³/mol. The quantitative estimate of drug-likeness (QED) is 0.839. The van der Waals surface area contributed by atoms with Gasteiger partial charge in [0.15, 0.2) is 0 Å². The van der Waals surface area contributed by atoms with Crippen LogP contribution < -0.4 is 5.32 Å². The summed E-state index contributed by atoms with van der Waals surface area (Å²) in [5.41, 5.74) is 0.801. The Morgan fingerprint density at radius 1 is 1.29 bits per heavy atom. The Balaban J connectivity index is 2.36. The third-order valence-corrected chi connectivity index (χ3v) is 2.71. The van der Waals surface area contributed by atoms with Crippen molar-refractivity contribution in [2.45, 2.75) is 39.8 Å². The molecule has 1 rings (SSSR count). The van der Waals surface area contributed by atoms with Crippen LogP contribution in [-0.4, -0.2) is 17.1 Å². The van der Waals surface area contributed by atoms with E-state index in [0.29, 0.717) is 6.54 Å². The number of hydrogen-bond donors (Lipinski definition) is 2. The van der Waals surface area contributed by atoms with Gasteiger partial charge < -0.3 is 10.4 Å². The Bertz CT molecular complexity index is 354. The summed E-state index contributed by atoms with van der Waals surface area (Å²) in [4.78, 5) is 11.6. The smallest absolute Gasteiger partial charge is 0.222 e. The highest BCUT2D eigenvalue weighted by Gasteiger charge is 2.24. The van der Waals surface area contributed by atoms with Crippen molar-refractivity contribution in [3.8, 4) is 0 Å². The van der Waals surface area contributed by atoms with Gasteiger partial charge in [0, 0.05) is 6.54 Å². The molecule has 0 saturated heterocycles. The van der Waals surface area contributed by atoms with Crippen molar-refractivity contribution in [2.24, 2.45) is 5.41 Å². The number of hydrogen-bond acceptors (Lipinski definition) is 2. The molecule has 0 heterocycles. The Morgan fingerprint density at radius 2 is 1.88 bits per heavy atom. The second-order valence-electron chi connectivity index (χ2n) is 5.35. The number of aliphatic hydroxyl groups is 1. The van der Waals surface area contributed by atoms with Crippen LogP contribution in [0.1, 0.15) is 32.8 Å². The van der Waals surface area contributed by atoms with E-state index in [1.54, 1.807) is 0 Å². The molecule has 94 valence electrons. The number of carbonyl (C=O) groups excluding carboxylic acids is 1. The van der Waals surface area contributed by atoms with Crippen LogP contribution in [0, 0.1) is 5.41 Å². The molecule has 0 saturated carbocycles. The molecule has 0 bridgehead atoms. The highest BCUT2D eigenvalue weighted by molar-refractivity contribution is 5.76. The van der Waals surface area contributed by atoms with Gasteiger partial charge in [0.2, 0.25) is 5.91 Å². The maximum absolute atomic E-state index is 11.6. The largest absolute Gasteiger partial charge is 0.392 e. The van der Waals surface area contributed by atoms with Crippen molar-refractivity contribution >= 4 is 5.91 Å². The van der Waals surface area contributed by atoms with Gasteiger partial charge in [0.1, 0.15) is 0 Å². The van der Waals surface area contributed by atoms with Crippen molar-refractivity contribution in [3.05, 3.63) is 35.9 Å². The minimum Gasteiger partial charge on any atom is -0.392 e. The van der Waals surface area contributed by atoms with E-state index in [0.717, 1.165) is 5.56 Å². The molecule has 0 radical (unpaired) electrons. The van der Waals surface area contributed by atoms with Gasteiger partial charge in [-0.15, -0.1) is 0 Å². The first-order valence-corrected chi connectivity index (χ1v) is 5.88. The topological polar surface area (TPSA) is 49.3 Å². The lowest BCUT2D eigenvalue weighted by Gasteiger charge is -2.25. The summed E-state index contributed by atoms with van der Waals surface area (Å²) in [7, 11) is 0. The van der Waals surface area contributed by atoms with Gasteiger partial charge in [-0.1, -0.05) is 51.1 Å². The van der Waals surface area contributed by atoms with Crippen molar-refractivity contribution in [3.63, 3.8) is 0 Å². The van der Waals surface area contributed by atoms with Crippen molar-refractivity contribution in [1.82, 2.24) is 5.32 Å². The van der Waals surface area contributed by atoms with E-state index in [1.165, 1.54) is 0 Å². The molecule has 0 spiro atoms. The van der Waals surface area contributed by atoms with Crippen molar-refractivity contribution in [2.75, 3.05) is 0 Å². The fraction of sp³-hybridized carbons (Fsp3) is 0.500. The van der Waals surface area contributed by atoms with Gasteiger partial charge in [-0.05, 0) is 11.0 Å². The first-order chi connectivity index (χ1) is 7.89. The van der Waals surface area contributed by atoms with Gasteiger partial charge in [-0.25, -0.2) is 0 Å². The summed E-state index contributed by atoms with van der Waals surface area (Å²) in [6, 6.07) is 9.73. The van der Waals surface area contributed by atoms with Crippen molar-refractivity contribution < 1.29 is 9.90 Å². The fourth-order valence-corrected chi connectivity index (χ4v) is 1.35. The summed E-state index contributed by atoms with van der Waals surface area (Å²) in [5.74, 6) is -0.115. The summed E-state index contributed by atoms with van der Waals surface area (Å²) in [5, 5.41) is 12.6. The van der Waals surface area contributed by atoms with E-state index in [-0.39, 0.29) is 17.7 Å². The van der Waals surface area contributed by atoms with E-state index in [4.69, 9.17) is 0 Å². The zero-order valence-corrected chi connectivity index (χ0v) is 10.7. The van der Waals surface area contributed by atoms with Crippen LogP contribution in [-0.2, 0) is 11.3 Å². The fourth-order valence-electron chi connectivity index (χ4n) is 1.35. The summed E-state index contributed by atoms with van der Waals surface area (Å²) < 4.78 is 0. The molecule has 0 fully saturated rings. The molecule has 1 amide bonds. The Labute approximate surface area is 103 Å². The molecule has 1 aromatic carbocycles. The molecular formula is C14H21NO2. The monoisotopic (exact) mass is 235 g/mol. The number of aliphatic hydroxyl groups excluding tert-OH is 1. The van der Waals surface area contributed by atoms with Gasteiger partial charge in [0.25, 0.3) is 0 Å². The van der Waals surface area contributed by atoms with Crippen LogP contribution in [0.5, 0.6) is 0 Å². The summed E-state index contributed by atoms with van der Waals surface area (Å²) in [6.45, 7) is 6.27. The third kappa shape index (κ3) is 5.00. The van der Waals surface area contributed by atoms with Crippen LogP contribution in [0.4, 0.5) is 0 Å². The average Bonchev–Trinajstić information content (AvgIpc) is 2.26. The molecule has 2 N–H and O–H groups in total. The van der Waals surface area contributed by atoms with E-state index in [1.807, 2.05) is 51.1 Å². The minimum absolute atomic E-state index is 0.115. The molecular weight excluding hydrogens is 214 g/mol. The van der Waals surface area contributed by atoms with Crippen molar-refractivity contribution in [1.29, 1.82) is 0 Å². The van der Waals surface area contributed by atoms with Crippen LogP contribution in [0.3, 0.4) is 0 Å². The van der Waals surface area contributed by atoms with Crippen LogP contribution in [0.15, 0.2) is 30.3 Å². The standard InChI is InChI=1S/C14H21NO2/c1-14(2,3)12(16)9-13(17)15-10-11-7-5-4-6-8-11/h4-8,12,16H,9-10H2,1-3H3,(H,15,17). The van der Waals surface area contributed by atoms with Gasteiger partial charge in [-0.2, -0.15) is 0 Å². The highest BCUT2D eigenvalue weighted by Crippen LogP contribution is 2.21. The maximum Gasteiger partial charge on any atom is 0.222 e. The van der Waals surface area contributed by atoms with Gasteiger partial charge in [0.05, 0.1) is 12.5 Å². The minimum atomic E-state index is -0.613. The normalized spacial score (nSPS) is 13.2. The molecule has 0 aliphatic heterocycles. The summed E-state index contributed by atoms with van der Waals surface area (Å²) >= 11 is 0. The number of benzene rings is 1. The SMILES string of the molecule is CC(C)(C)C(O)CC(=O)NCc1ccccc1. The highest BCUT2D eigenvalue weighted by atomic mass is 16.3. The number of carbonyl (C=O) groups is 1. The van der Waals surface area contributed by atoms with Gasteiger partial charge >= 0.3 is 0 Å². The van der Waals surface area contributed by atoms with Crippen LogP contribution in [0.2, 0.25) is 0 Å². The lowest BCUT2D eigenvalue weighted by Crippen LogP contribution is -2.33. The van der Waals surface area contributed by atoms with Crippen LogP contribution in [0.25, 0.3) is 0 Å².